The van der Waals surface area contributed by atoms with Crippen LogP contribution in [-0.4, -0.2) is 28.5 Å². The first-order valence-electron chi connectivity index (χ1n) is 5.24. The van der Waals surface area contributed by atoms with Gasteiger partial charge in [0.05, 0.1) is 11.4 Å². The molecule has 1 aromatic rings. The quantitative estimate of drug-likeness (QED) is 0.527. The van der Waals surface area contributed by atoms with Gasteiger partial charge in [-0.25, -0.2) is 4.98 Å². The highest BCUT2D eigenvalue weighted by molar-refractivity contribution is 9.11. The molecule has 1 aliphatic rings. The van der Waals surface area contributed by atoms with E-state index in [1.54, 1.807) is 0 Å². The number of hydrogen-bond donors (Lipinski definition) is 1. The molecular weight excluding hydrogens is 316 g/mol. The van der Waals surface area contributed by atoms with Crippen LogP contribution in [0.5, 0.6) is 0 Å². The zero-order chi connectivity index (χ0) is 13.1. The second kappa shape index (κ2) is 5.65. The van der Waals surface area contributed by atoms with E-state index in [1.807, 2.05) is 12.3 Å². The third-order valence-electron chi connectivity index (χ3n) is 2.67. The van der Waals surface area contributed by atoms with E-state index < -0.39 is 6.10 Å². The van der Waals surface area contributed by atoms with E-state index in [0.29, 0.717) is 12.1 Å². The van der Waals surface area contributed by atoms with E-state index >= 15 is 0 Å². The lowest BCUT2D eigenvalue weighted by molar-refractivity contribution is 0.172. The molecule has 1 aromatic heterocycles. The van der Waals surface area contributed by atoms with Crippen molar-refractivity contribution in [2.75, 3.05) is 6.61 Å². The van der Waals surface area contributed by atoms with Crippen molar-refractivity contribution in [1.29, 1.82) is 0 Å². The fourth-order valence-corrected chi connectivity index (χ4v) is 2.78. The molecule has 1 heterocycles. The summed E-state index contributed by atoms with van der Waals surface area (Å²) in [6.07, 6.45) is 4.89. The standard InChI is InChI=1S/C12H11BrN2O2S/c1-3-4-17-15-9-5-8(7(2)11(9)16)10-6-18-12(13)14-10/h1,6,11,16H,4-5H2,2H3/b15-9+. The van der Waals surface area contributed by atoms with E-state index in [2.05, 4.69) is 32.0 Å². The van der Waals surface area contributed by atoms with E-state index in [4.69, 9.17) is 11.3 Å². The van der Waals surface area contributed by atoms with Crippen LogP contribution >= 0.6 is 27.3 Å². The predicted octanol–water partition coefficient (Wildman–Crippen LogP) is 2.45. The van der Waals surface area contributed by atoms with Gasteiger partial charge in [-0.05, 0) is 34.0 Å². The Labute approximate surface area is 118 Å². The van der Waals surface area contributed by atoms with Crippen molar-refractivity contribution in [2.45, 2.75) is 19.4 Å². The van der Waals surface area contributed by atoms with Gasteiger partial charge in [0.25, 0.3) is 0 Å². The lowest BCUT2D eigenvalue weighted by atomic mass is 10.1. The number of aliphatic hydroxyl groups excluding tert-OH is 1. The third kappa shape index (κ3) is 2.64. The van der Waals surface area contributed by atoms with Crippen molar-refractivity contribution in [3.8, 4) is 12.3 Å². The van der Waals surface area contributed by atoms with Gasteiger partial charge in [0.1, 0.15) is 6.10 Å². The minimum Gasteiger partial charge on any atom is -0.383 e. The van der Waals surface area contributed by atoms with Crippen molar-refractivity contribution in [3.05, 3.63) is 20.6 Å². The summed E-state index contributed by atoms with van der Waals surface area (Å²) in [6, 6.07) is 0. The Morgan fingerprint density at radius 3 is 3.17 bits per heavy atom. The Morgan fingerprint density at radius 1 is 1.78 bits per heavy atom. The summed E-state index contributed by atoms with van der Waals surface area (Å²) in [5.41, 5.74) is 3.29. The molecular formula is C12H11BrN2O2S. The monoisotopic (exact) mass is 326 g/mol. The van der Waals surface area contributed by atoms with Gasteiger partial charge in [0.2, 0.25) is 0 Å². The number of aliphatic hydroxyl groups is 1. The topological polar surface area (TPSA) is 54.7 Å². The lowest BCUT2D eigenvalue weighted by Gasteiger charge is -2.04. The molecule has 0 amide bonds. The second-order valence-corrected chi connectivity index (χ2v) is 5.92. The zero-order valence-corrected chi connectivity index (χ0v) is 12.1. The fourth-order valence-electron chi connectivity index (χ4n) is 1.75. The molecule has 1 N–H and O–H groups in total. The molecule has 2 rings (SSSR count). The Hall–Kier alpha value is -1.16. The number of aromatic nitrogens is 1. The lowest BCUT2D eigenvalue weighted by Crippen LogP contribution is -2.15. The third-order valence-corrected chi connectivity index (χ3v) is 4.04. The van der Waals surface area contributed by atoms with E-state index in [-0.39, 0.29) is 6.61 Å². The summed E-state index contributed by atoms with van der Waals surface area (Å²) in [6.45, 7) is 1.98. The van der Waals surface area contributed by atoms with Crippen LogP contribution in [0.4, 0.5) is 0 Å². The molecule has 0 bridgehead atoms. The molecule has 0 radical (unpaired) electrons. The number of thiazole rings is 1. The number of halogens is 1. The maximum absolute atomic E-state index is 10.0. The summed E-state index contributed by atoms with van der Waals surface area (Å²) in [5, 5.41) is 15.9. The molecule has 0 aromatic carbocycles. The number of oxime groups is 1. The highest BCUT2D eigenvalue weighted by atomic mass is 79.9. The SMILES string of the molecule is C#CCO/N=C1\CC(c2csc(Br)n2)=C(C)C1O. The average molecular weight is 327 g/mol. The number of nitrogens with zero attached hydrogens (tertiary/aromatic N) is 2. The molecule has 1 atom stereocenters. The van der Waals surface area contributed by atoms with Crippen LogP contribution in [0, 0.1) is 12.3 Å². The summed E-state index contributed by atoms with van der Waals surface area (Å²) >= 11 is 4.84. The Morgan fingerprint density at radius 2 is 2.56 bits per heavy atom. The van der Waals surface area contributed by atoms with Gasteiger partial charge in [-0.1, -0.05) is 11.1 Å². The molecule has 0 saturated carbocycles. The molecule has 1 aliphatic carbocycles. The van der Waals surface area contributed by atoms with Gasteiger partial charge in [-0.2, -0.15) is 0 Å². The van der Waals surface area contributed by atoms with E-state index in [9.17, 15) is 5.11 Å². The summed E-state index contributed by atoms with van der Waals surface area (Å²) in [5.74, 6) is 2.32. The van der Waals surface area contributed by atoms with Gasteiger partial charge in [-0.3, -0.25) is 0 Å². The normalized spacial score (nSPS) is 21.4. The smallest absolute Gasteiger partial charge is 0.177 e. The molecule has 0 fully saturated rings. The van der Waals surface area contributed by atoms with Crippen LogP contribution in [0.25, 0.3) is 5.57 Å². The predicted molar refractivity (Wildman–Crippen MR) is 75.3 cm³/mol. The molecule has 4 nitrogen and oxygen atoms in total. The van der Waals surface area contributed by atoms with Crippen molar-refractivity contribution in [1.82, 2.24) is 4.98 Å². The first-order valence-corrected chi connectivity index (χ1v) is 6.92. The highest BCUT2D eigenvalue weighted by Gasteiger charge is 2.29. The molecule has 6 heteroatoms. The molecule has 0 spiro atoms. The number of allylic oxidation sites excluding steroid dienone is 1. The number of rotatable bonds is 3. The molecule has 0 aliphatic heterocycles. The van der Waals surface area contributed by atoms with Crippen molar-refractivity contribution >= 4 is 38.6 Å². The van der Waals surface area contributed by atoms with Crippen LogP contribution < -0.4 is 0 Å². The summed E-state index contributed by atoms with van der Waals surface area (Å²) in [7, 11) is 0. The van der Waals surface area contributed by atoms with Gasteiger partial charge in [-0.15, -0.1) is 17.8 Å². The van der Waals surface area contributed by atoms with Gasteiger partial charge >= 0.3 is 0 Å². The number of terminal acetylenes is 1. The minimum absolute atomic E-state index is 0.104. The summed E-state index contributed by atoms with van der Waals surface area (Å²) in [4.78, 5) is 9.26. The second-order valence-electron chi connectivity index (χ2n) is 3.79. The van der Waals surface area contributed by atoms with Crippen molar-refractivity contribution < 1.29 is 9.94 Å². The van der Waals surface area contributed by atoms with Gasteiger partial charge in [0, 0.05) is 11.8 Å². The molecule has 94 valence electrons. The Bertz CT molecular complexity index is 557. The highest BCUT2D eigenvalue weighted by Crippen LogP contribution is 2.34. The van der Waals surface area contributed by atoms with Gasteiger partial charge < -0.3 is 9.94 Å². The Balaban J connectivity index is 2.19. The Kier molecular flexibility index (Phi) is 4.17. The van der Waals surface area contributed by atoms with Crippen molar-refractivity contribution in [3.63, 3.8) is 0 Å². The van der Waals surface area contributed by atoms with Crippen LogP contribution in [0.2, 0.25) is 0 Å². The number of hydrogen-bond acceptors (Lipinski definition) is 5. The van der Waals surface area contributed by atoms with Gasteiger partial charge in [0.15, 0.2) is 10.5 Å². The summed E-state index contributed by atoms with van der Waals surface area (Å²) < 4.78 is 0.821. The largest absolute Gasteiger partial charge is 0.383 e. The molecule has 0 saturated heterocycles. The van der Waals surface area contributed by atoms with Crippen LogP contribution in [0.15, 0.2) is 20.0 Å². The van der Waals surface area contributed by atoms with E-state index in [1.165, 1.54) is 11.3 Å². The van der Waals surface area contributed by atoms with Crippen LogP contribution in [-0.2, 0) is 4.84 Å². The maximum atomic E-state index is 10.0. The minimum atomic E-state index is -0.710. The fraction of sp³-hybridized carbons (Fsp3) is 0.333. The first kappa shape index (κ1) is 13.3. The average Bonchev–Trinajstić information content (AvgIpc) is 2.88. The zero-order valence-electron chi connectivity index (χ0n) is 9.68. The first-order chi connectivity index (χ1) is 8.63. The van der Waals surface area contributed by atoms with Crippen molar-refractivity contribution in [2.24, 2.45) is 5.16 Å². The van der Waals surface area contributed by atoms with Crippen LogP contribution in [0.3, 0.4) is 0 Å². The van der Waals surface area contributed by atoms with Crippen LogP contribution in [0.1, 0.15) is 19.0 Å². The molecule has 18 heavy (non-hydrogen) atoms. The maximum Gasteiger partial charge on any atom is 0.177 e. The van der Waals surface area contributed by atoms with E-state index in [0.717, 1.165) is 20.8 Å². The molecule has 1 unspecified atom stereocenters.